The van der Waals surface area contributed by atoms with E-state index in [0.717, 1.165) is 25.7 Å². The lowest BCUT2D eigenvalue weighted by molar-refractivity contribution is -0.137. The van der Waals surface area contributed by atoms with E-state index in [-0.39, 0.29) is 24.9 Å². The van der Waals surface area contributed by atoms with Crippen molar-refractivity contribution in [3.05, 3.63) is 24.3 Å². The molecule has 1 atom stereocenters. The molecule has 1 heterocycles. The van der Waals surface area contributed by atoms with Gasteiger partial charge < -0.3 is 15.3 Å². The first-order valence-electron chi connectivity index (χ1n) is 21.2. The zero-order valence-corrected chi connectivity index (χ0v) is 32.4. The van der Waals surface area contributed by atoms with Crippen LogP contribution >= 0.6 is 0 Å². The number of amidine groups is 1. The molecule has 6 heteroatoms. The summed E-state index contributed by atoms with van der Waals surface area (Å²) in [5.41, 5.74) is 0. The lowest BCUT2D eigenvalue weighted by Gasteiger charge is -2.22. The fourth-order valence-corrected chi connectivity index (χ4v) is 6.66. The zero-order chi connectivity index (χ0) is 35.5. The molecule has 0 aliphatic carbocycles. The number of carboxylic acids is 1. The monoisotopic (exact) mass is 686 g/mol. The number of nitrogens with one attached hydrogen (secondary N) is 1. The average molecular weight is 686 g/mol. The van der Waals surface area contributed by atoms with Gasteiger partial charge in [0.25, 0.3) is 5.91 Å². The van der Waals surface area contributed by atoms with Crippen molar-refractivity contribution >= 4 is 17.7 Å². The van der Waals surface area contributed by atoms with Crippen LogP contribution in [0.2, 0.25) is 0 Å². The number of aliphatic carboxylic acids is 1. The first kappa shape index (κ1) is 44.9. The Bertz CT molecular complexity index is 868. The molecule has 0 radical (unpaired) electrons. The van der Waals surface area contributed by atoms with Crippen LogP contribution in [0.5, 0.6) is 0 Å². The fourth-order valence-electron chi connectivity index (χ4n) is 6.66. The largest absolute Gasteiger partial charge is 0.481 e. The average Bonchev–Trinajstić information content (AvgIpc) is 3.57. The van der Waals surface area contributed by atoms with Crippen molar-refractivity contribution < 1.29 is 14.7 Å². The van der Waals surface area contributed by atoms with Crippen molar-refractivity contribution in [3.8, 4) is 0 Å². The normalized spacial score (nSPS) is 14.6. The molecule has 1 aliphatic heterocycles. The van der Waals surface area contributed by atoms with E-state index in [9.17, 15) is 14.7 Å². The molecule has 0 spiro atoms. The maximum Gasteiger partial charge on any atom is 0.305 e. The van der Waals surface area contributed by atoms with Crippen LogP contribution in [0, 0.1) is 0 Å². The Labute approximate surface area is 303 Å². The molecule has 284 valence electrons. The summed E-state index contributed by atoms with van der Waals surface area (Å²) in [6.07, 6.45) is 46.3. The summed E-state index contributed by atoms with van der Waals surface area (Å²) in [5.74, 6) is -0.556. The van der Waals surface area contributed by atoms with Crippen molar-refractivity contribution in [2.75, 3.05) is 19.6 Å². The van der Waals surface area contributed by atoms with Gasteiger partial charge in [-0.2, -0.15) is 0 Å². The van der Waals surface area contributed by atoms with E-state index in [0.29, 0.717) is 18.9 Å². The van der Waals surface area contributed by atoms with Gasteiger partial charge in [0.2, 0.25) is 0 Å². The molecule has 0 saturated carbocycles. The standard InChI is InChI=1S/C43H79N3O3/c1-3-5-7-9-11-13-15-17-19-21-23-25-27-29-31-33-35-40-39-44-42(45-40)43(49)46(38-36-41(47)48)37-34-32-30-28-26-24-22-20-18-16-14-12-10-8-6-4-2/h17-20,40H,3-16,21-39H2,1-2H3,(H,44,45)(H,47,48). The predicted octanol–water partition coefficient (Wildman–Crippen LogP) is 12.1. The van der Waals surface area contributed by atoms with Crippen LogP contribution in [0.3, 0.4) is 0 Å². The molecule has 0 aromatic heterocycles. The van der Waals surface area contributed by atoms with Crippen LogP contribution < -0.4 is 5.32 Å². The summed E-state index contributed by atoms with van der Waals surface area (Å²) in [4.78, 5) is 30.8. The Balaban J connectivity index is 2.09. The molecule has 0 saturated heterocycles. The van der Waals surface area contributed by atoms with E-state index in [1.165, 1.54) is 161 Å². The number of nitrogens with zero attached hydrogens (tertiary/aromatic N) is 2. The van der Waals surface area contributed by atoms with E-state index < -0.39 is 5.97 Å². The molecule has 2 N–H and O–H groups in total. The zero-order valence-electron chi connectivity index (χ0n) is 32.4. The van der Waals surface area contributed by atoms with E-state index in [4.69, 9.17) is 0 Å². The number of carbonyl (C=O) groups excluding carboxylic acids is 1. The van der Waals surface area contributed by atoms with Gasteiger partial charge in [-0.05, 0) is 64.2 Å². The Kier molecular flexibility index (Phi) is 31.5. The second-order valence-corrected chi connectivity index (χ2v) is 14.6. The molecule has 1 unspecified atom stereocenters. The van der Waals surface area contributed by atoms with Gasteiger partial charge in [-0.1, -0.05) is 160 Å². The first-order valence-corrected chi connectivity index (χ1v) is 21.2. The van der Waals surface area contributed by atoms with Gasteiger partial charge >= 0.3 is 5.97 Å². The molecule has 6 nitrogen and oxygen atoms in total. The van der Waals surface area contributed by atoms with Gasteiger partial charge in [-0.25, -0.2) is 0 Å². The van der Waals surface area contributed by atoms with Crippen LogP contribution in [-0.2, 0) is 9.59 Å². The minimum atomic E-state index is -0.863. The maximum absolute atomic E-state index is 13.2. The number of carboxylic acid groups (broad SMARTS) is 1. The SMILES string of the molecule is CCCCCCCCC=CCCCCCCCCC1CN=C(C(=O)N(CCCCCCCCC=CCCCCCCCC)CCC(=O)O)N1. The molecule has 1 aliphatic rings. The summed E-state index contributed by atoms with van der Waals surface area (Å²) in [7, 11) is 0. The van der Waals surface area contributed by atoms with E-state index >= 15 is 0 Å². The number of carbonyl (C=O) groups is 2. The minimum Gasteiger partial charge on any atom is -0.481 e. The van der Waals surface area contributed by atoms with Crippen LogP contribution in [0.25, 0.3) is 0 Å². The highest BCUT2D eigenvalue weighted by atomic mass is 16.4. The van der Waals surface area contributed by atoms with Crippen molar-refractivity contribution in [2.45, 2.75) is 213 Å². The third-order valence-electron chi connectivity index (χ3n) is 9.90. The van der Waals surface area contributed by atoms with E-state index in [1.54, 1.807) is 4.90 Å². The number of aliphatic imine (C=N–C) groups is 1. The third kappa shape index (κ3) is 28.3. The lowest BCUT2D eigenvalue weighted by Crippen LogP contribution is -2.44. The van der Waals surface area contributed by atoms with Gasteiger partial charge in [-0.3, -0.25) is 14.6 Å². The smallest absolute Gasteiger partial charge is 0.305 e. The summed E-state index contributed by atoms with van der Waals surface area (Å²) < 4.78 is 0. The summed E-state index contributed by atoms with van der Waals surface area (Å²) in [6, 6.07) is 0.224. The van der Waals surface area contributed by atoms with Crippen molar-refractivity contribution in [1.82, 2.24) is 10.2 Å². The van der Waals surface area contributed by atoms with Crippen molar-refractivity contribution in [1.29, 1.82) is 0 Å². The highest BCUT2D eigenvalue weighted by molar-refractivity contribution is 6.38. The molecule has 1 amide bonds. The third-order valence-corrected chi connectivity index (χ3v) is 9.90. The van der Waals surface area contributed by atoms with Gasteiger partial charge in [0.1, 0.15) is 0 Å². The topological polar surface area (TPSA) is 82.0 Å². The first-order chi connectivity index (χ1) is 24.1. The molecule has 1 rings (SSSR count). The number of hydrogen-bond donors (Lipinski definition) is 2. The molecular formula is C43H79N3O3. The van der Waals surface area contributed by atoms with Crippen LogP contribution in [0.4, 0.5) is 0 Å². The number of rotatable bonds is 36. The summed E-state index contributed by atoms with van der Waals surface area (Å²) >= 11 is 0. The molecule has 0 aromatic rings. The molecular weight excluding hydrogens is 606 g/mol. The summed E-state index contributed by atoms with van der Waals surface area (Å²) in [5, 5.41) is 12.6. The van der Waals surface area contributed by atoms with Gasteiger partial charge in [-0.15, -0.1) is 0 Å². The second kappa shape index (κ2) is 34.3. The molecule has 49 heavy (non-hydrogen) atoms. The Morgan fingerprint density at radius 2 is 1.02 bits per heavy atom. The van der Waals surface area contributed by atoms with Crippen LogP contribution in [0.1, 0.15) is 206 Å². The predicted molar refractivity (Wildman–Crippen MR) is 212 cm³/mol. The number of amides is 1. The quantitative estimate of drug-likeness (QED) is 0.0508. The van der Waals surface area contributed by atoms with Crippen molar-refractivity contribution in [3.63, 3.8) is 0 Å². The lowest BCUT2D eigenvalue weighted by atomic mass is 10.0. The second-order valence-electron chi connectivity index (χ2n) is 14.6. The van der Waals surface area contributed by atoms with Gasteiger partial charge in [0.05, 0.1) is 13.0 Å². The van der Waals surface area contributed by atoms with Crippen LogP contribution in [0.15, 0.2) is 29.3 Å². The number of allylic oxidation sites excluding steroid dienone is 4. The number of unbranched alkanes of at least 4 members (excludes halogenated alkanes) is 24. The van der Waals surface area contributed by atoms with Gasteiger partial charge in [0, 0.05) is 19.1 Å². The van der Waals surface area contributed by atoms with Gasteiger partial charge in [0.15, 0.2) is 5.84 Å². The molecule has 0 fully saturated rings. The van der Waals surface area contributed by atoms with E-state index in [1.807, 2.05) is 0 Å². The molecule has 0 aromatic carbocycles. The van der Waals surface area contributed by atoms with E-state index in [2.05, 4.69) is 48.5 Å². The Hall–Kier alpha value is -2.11. The fraction of sp³-hybridized carbons (Fsp3) is 0.837. The Morgan fingerprint density at radius 3 is 1.47 bits per heavy atom. The minimum absolute atomic E-state index is 0.0235. The highest BCUT2D eigenvalue weighted by Crippen LogP contribution is 2.15. The summed E-state index contributed by atoms with van der Waals surface area (Å²) in [6.45, 7) is 6.04. The van der Waals surface area contributed by atoms with Crippen LogP contribution in [-0.4, -0.2) is 53.4 Å². The highest BCUT2D eigenvalue weighted by Gasteiger charge is 2.26. The molecule has 0 bridgehead atoms. The maximum atomic E-state index is 13.2. The van der Waals surface area contributed by atoms with Crippen molar-refractivity contribution in [2.24, 2.45) is 4.99 Å². The number of hydrogen-bond acceptors (Lipinski definition) is 4. The Morgan fingerprint density at radius 1 is 0.612 bits per heavy atom.